The van der Waals surface area contributed by atoms with Gasteiger partial charge in [-0.25, -0.2) is 0 Å². The lowest BCUT2D eigenvalue weighted by molar-refractivity contribution is -0.136. The van der Waals surface area contributed by atoms with Crippen LogP contribution in [0.2, 0.25) is 0 Å². The summed E-state index contributed by atoms with van der Waals surface area (Å²) >= 11 is 0. The third-order valence-electron chi connectivity index (χ3n) is 3.71. The summed E-state index contributed by atoms with van der Waals surface area (Å²) in [6.07, 6.45) is 3.01. The number of carbonyl (C=O) groups is 1. The second kappa shape index (κ2) is 6.21. The first-order chi connectivity index (χ1) is 7.60. The quantitative estimate of drug-likeness (QED) is 0.762. The summed E-state index contributed by atoms with van der Waals surface area (Å²) in [6.45, 7) is 4.66. The van der Waals surface area contributed by atoms with E-state index in [-0.39, 0.29) is 11.8 Å². The highest BCUT2D eigenvalue weighted by Gasteiger charge is 2.27. The van der Waals surface area contributed by atoms with Gasteiger partial charge in [0, 0.05) is 19.6 Å². The lowest BCUT2D eigenvalue weighted by Crippen LogP contribution is -2.47. The Balaban J connectivity index is 2.50. The predicted octanol–water partition coefficient (Wildman–Crippen LogP) is 0.524. The van der Waals surface area contributed by atoms with E-state index in [9.17, 15) is 4.79 Å². The minimum atomic E-state index is 0.00431. The van der Waals surface area contributed by atoms with Crippen molar-refractivity contribution >= 4 is 5.91 Å². The fourth-order valence-electron chi connectivity index (χ4n) is 2.29. The van der Waals surface area contributed by atoms with Gasteiger partial charge in [0.15, 0.2) is 0 Å². The molecule has 1 aliphatic heterocycles. The average Bonchev–Trinajstić information content (AvgIpc) is 2.30. The molecular formula is C12H25N3O. The van der Waals surface area contributed by atoms with Gasteiger partial charge in [-0.3, -0.25) is 4.79 Å². The van der Waals surface area contributed by atoms with Crippen LogP contribution in [0.15, 0.2) is 0 Å². The van der Waals surface area contributed by atoms with E-state index >= 15 is 0 Å². The van der Waals surface area contributed by atoms with E-state index in [1.165, 1.54) is 0 Å². The number of amides is 1. The van der Waals surface area contributed by atoms with Crippen LogP contribution in [0.4, 0.5) is 0 Å². The summed E-state index contributed by atoms with van der Waals surface area (Å²) in [5.74, 6) is 0.226. The molecule has 1 rings (SSSR count). The van der Waals surface area contributed by atoms with Crippen molar-refractivity contribution in [1.29, 1.82) is 0 Å². The predicted molar refractivity (Wildman–Crippen MR) is 66.1 cm³/mol. The highest BCUT2D eigenvalue weighted by atomic mass is 16.2. The Morgan fingerprint density at radius 1 is 1.50 bits per heavy atom. The first-order valence-electron chi connectivity index (χ1n) is 6.25. The minimum absolute atomic E-state index is 0.00431. The van der Waals surface area contributed by atoms with Gasteiger partial charge >= 0.3 is 0 Å². The van der Waals surface area contributed by atoms with Crippen molar-refractivity contribution in [3.63, 3.8) is 0 Å². The minimum Gasteiger partial charge on any atom is -0.342 e. The van der Waals surface area contributed by atoms with Gasteiger partial charge in [-0.2, -0.15) is 0 Å². The number of piperidine rings is 1. The molecule has 1 unspecified atom stereocenters. The first kappa shape index (κ1) is 13.5. The summed E-state index contributed by atoms with van der Waals surface area (Å²) in [6, 6.07) is 0.407. The molecule has 0 spiro atoms. The first-order valence-corrected chi connectivity index (χ1v) is 6.25. The molecule has 0 aromatic rings. The summed E-state index contributed by atoms with van der Waals surface area (Å²) < 4.78 is 0. The topological polar surface area (TPSA) is 49.6 Å². The Morgan fingerprint density at radius 2 is 2.06 bits per heavy atom. The number of rotatable bonds is 4. The number of nitrogens with zero attached hydrogens (tertiary/aromatic N) is 2. The molecule has 1 fully saturated rings. The maximum absolute atomic E-state index is 12.1. The summed E-state index contributed by atoms with van der Waals surface area (Å²) in [5.41, 5.74) is 5.62. The van der Waals surface area contributed by atoms with Crippen LogP contribution < -0.4 is 5.73 Å². The molecule has 1 atom stereocenters. The van der Waals surface area contributed by atoms with E-state index in [0.717, 1.165) is 32.4 Å². The van der Waals surface area contributed by atoms with E-state index in [1.807, 2.05) is 18.9 Å². The van der Waals surface area contributed by atoms with E-state index in [4.69, 9.17) is 5.73 Å². The molecular weight excluding hydrogens is 202 g/mol. The largest absolute Gasteiger partial charge is 0.342 e. The maximum atomic E-state index is 12.1. The van der Waals surface area contributed by atoms with Crippen LogP contribution in [0.25, 0.3) is 0 Å². The molecule has 4 nitrogen and oxygen atoms in total. The van der Waals surface area contributed by atoms with Gasteiger partial charge in [0.25, 0.3) is 0 Å². The molecule has 0 aliphatic carbocycles. The fourth-order valence-corrected chi connectivity index (χ4v) is 2.29. The van der Waals surface area contributed by atoms with Crippen molar-refractivity contribution in [3.8, 4) is 0 Å². The second-order valence-corrected chi connectivity index (χ2v) is 4.82. The third-order valence-corrected chi connectivity index (χ3v) is 3.71. The Morgan fingerprint density at radius 3 is 2.50 bits per heavy atom. The Labute approximate surface area is 98.8 Å². The van der Waals surface area contributed by atoms with Crippen LogP contribution in [0.3, 0.4) is 0 Å². The lowest BCUT2D eigenvalue weighted by atomic mass is 10.00. The molecule has 94 valence electrons. The molecule has 1 amide bonds. The van der Waals surface area contributed by atoms with E-state index in [0.29, 0.717) is 12.6 Å². The number of nitrogens with two attached hydrogens (primary N) is 1. The average molecular weight is 227 g/mol. The number of carbonyl (C=O) groups excluding carboxylic acids is 1. The van der Waals surface area contributed by atoms with E-state index in [2.05, 4.69) is 11.9 Å². The van der Waals surface area contributed by atoms with Gasteiger partial charge in [-0.05, 0) is 39.4 Å². The van der Waals surface area contributed by atoms with Crippen LogP contribution in [0, 0.1) is 5.92 Å². The van der Waals surface area contributed by atoms with Crippen LogP contribution in [0.1, 0.15) is 26.2 Å². The second-order valence-electron chi connectivity index (χ2n) is 4.82. The molecule has 4 heteroatoms. The van der Waals surface area contributed by atoms with Crippen molar-refractivity contribution < 1.29 is 4.79 Å². The lowest BCUT2D eigenvalue weighted by Gasteiger charge is -2.36. The molecule has 16 heavy (non-hydrogen) atoms. The van der Waals surface area contributed by atoms with E-state index < -0.39 is 0 Å². The summed E-state index contributed by atoms with van der Waals surface area (Å²) in [7, 11) is 4.06. The Bertz CT molecular complexity index is 220. The highest BCUT2D eigenvalue weighted by molar-refractivity contribution is 5.79. The molecule has 1 saturated heterocycles. The third kappa shape index (κ3) is 3.19. The molecule has 2 N–H and O–H groups in total. The normalized spacial score (nSPS) is 20.8. The van der Waals surface area contributed by atoms with Crippen molar-refractivity contribution in [3.05, 3.63) is 0 Å². The van der Waals surface area contributed by atoms with Gasteiger partial charge in [-0.1, -0.05) is 6.92 Å². The molecule has 0 radical (unpaired) electrons. The summed E-state index contributed by atoms with van der Waals surface area (Å²) in [4.78, 5) is 16.4. The molecule has 0 bridgehead atoms. The molecule has 0 aromatic carbocycles. The molecule has 1 aliphatic rings. The summed E-state index contributed by atoms with van der Waals surface area (Å²) in [5, 5.41) is 0. The van der Waals surface area contributed by atoms with Crippen LogP contribution in [0.5, 0.6) is 0 Å². The smallest absolute Gasteiger partial charge is 0.226 e. The fraction of sp³-hybridized carbons (Fsp3) is 0.917. The van der Waals surface area contributed by atoms with Crippen molar-refractivity contribution in [1.82, 2.24) is 9.80 Å². The SMILES string of the molecule is CCC(CN)C(=O)N(C)C1CCN(C)CC1. The Hall–Kier alpha value is -0.610. The standard InChI is InChI=1S/C12H25N3O/c1-4-10(9-13)12(16)15(3)11-5-7-14(2)8-6-11/h10-11H,4-9,13H2,1-3H3. The van der Waals surface area contributed by atoms with Crippen LogP contribution >= 0.6 is 0 Å². The van der Waals surface area contributed by atoms with Crippen molar-refractivity contribution in [2.24, 2.45) is 11.7 Å². The van der Waals surface area contributed by atoms with Gasteiger partial charge in [0.2, 0.25) is 5.91 Å². The zero-order chi connectivity index (χ0) is 12.1. The monoisotopic (exact) mass is 227 g/mol. The number of hydrogen-bond acceptors (Lipinski definition) is 3. The molecule has 0 saturated carbocycles. The molecule has 0 aromatic heterocycles. The Kier molecular flexibility index (Phi) is 5.22. The van der Waals surface area contributed by atoms with Crippen LogP contribution in [-0.2, 0) is 4.79 Å². The highest BCUT2D eigenvalue weighted by Crippen LogP contribution is 2.17. The van der Waals surface area contributed by atoms with Gasteiger partial charge < -0.3 is 15.5 Å². The molecule has 1 heterocycles. The zero-order valence-corrected chi connectivity index (χ0v) is 10.8. The van der Waals surface area contributed by atoms with Crippen LogP contribution in [-0.4, -0.2) is 55.5 Å². The van der Waals surface area contributed by atoms with E-state index in [1.54, 1.807) is 0 Å². The van der Waals surface area contributed by atoms with Gasteiger partial charge in [0.1, 0.15) is 0 Å². The van der Waals surface area contributed by atoms with Gasteiger partial charge in [0.05, 0.1) is 5.92 Å². The number of likely N-dealkylation sites (tertiary alicyclic amines) is 1. The van der Waals surface area contributed by atoms with Crippen molar-refractivity contribution in [2.45, 2.75) is 32.2 Å². The number of hydrogen-bond donors (Lipinski definition) is 1. The van der Waals surface area contributed by atoms with Gasteiger partial charge in [-0.15, -0.1) is 0 Å². The zero-order valence-electron chi connectivity index (χ0n) is 10.8. The van der Waals surface area contributed by atoms with Crippen molar-refractivity contribution in [2.75, 3.05) is 33.7 Å². The maximum Gasteiger partial charge on any atom is 0.226 e.